The maximum absolute atomic E-state index is 6.07. The van der Waals surface area contributed by atoms with Crippen LogP contribution in [0, 0.1) is 6.92 Å². The number of ether oxygens (including phenoxy) is 1. The summed E-state index contributed by atoms with van der Waals surface area (Å²) in [4.78, 5) is 4.43. The van der Waals surface area contributed by atoms with E-state index in [4.69, 9.17) is 20.9 Å². The number of aromatic nitrogens is 6. The standard InChI is InChI=1S/C17H15ClN6O2/c1-9-12(8-19-24(9)2)13-7-14(22-21-13)17-20-16(23-26-17)11-6-10(18)4-5-15(11)25-3/h4-8H,1-3H3,(H,21,22). The predicted molar refractivity (Wildman–Crippen MR) is 95.8 cm³/mol. The summed E-state index contributed by atoms with van der Waals surface area (Å²) in [6.07, 6.45) is 1.77. The Kier molecular flexibility index (Phi) is 3.96. The highest BCUT2D eigenvalue weighted by Gasteiger charge is 2.18. The van der Waals surface area contributed by atoms with Gasteiger partial charge in [-0.25, -0.2) is 0 Å². The van der Waals surface area contributed by atoms with Crippen LogP contribution in [-0.2, 0) is 7.05 Å². The van der Waals surface area contributed by atoms with E-state index in [9.17, 15) is 0 Å². The lowest BCUT2D eigenvalue weighted by molar-refractivity contribution is 0.413. The van der Waals surface area contributed by atoms with E-state index in [-0.39, 0.29) is 0 Å². The quantitative estimate of drug-likeness (QED) is 0.590. The van der Waals surface area contributed by atoms with Crippen molar-refractivity contribution >= 4 is 11.6 Å². The zero-order chi connectivity index (χ0) is 18.3. The first-order valence-electron chi connectivity index (χ1n) is 7.79. The minimum Gasteiger partial charge on any atom is -0.496 e. The summed E-state index contributed by atoms with van der Waals surface area (Å²) in [7, 11) is 3.46. The molecule has 0 aliphatic rings. The first kappa shape index (κ1) is 16.3. The van der Waals surface area contributed by atoms with Crippen molar-refractivity contribution in [2.45, 2.75) is 6.92 Å². The number of rotatable bonds is 4. The Hall–Kier alpha value is -3.13. The smallest absolute Gasteiger partial charge is 0.276 e. The molecule has 3 aromatic heterocycles. The Morgan fingerprint density at radius 3 is 2.81 bits per heavy atom. The van der Waals surface area contributed by atoms with Gasteiger partial charge in [0.2, 0.25) is 5.82 Å². The van der Waals surface area contributed by atoms with Gasteiger partial charge in [-0.1, -0.05) is 16.8 Å². The number of benzene rings is 1. The molecule has 3 heterocycles. The van der Waals surface area contributed by atoms with Gasteiger partial charge in [0, 0.05) is 23.3 Å². The number of H-pyrrole nitrogens is 1. The average molecular weight is 371 g/mol. The zero-order valence-corrected chi connectivity index (χ0v) is 15.1. The Bertz CT molecular complexity index is 1080. The lowest BCUT2D eigenvalue weighted by atomic mass is 10.2. The molecule has 0 atom stereocenters. The molecule has 132 valence electrons. The predicted octanol–water partition coefficient (Wildman–Crippen LogP) is 3.50. The second-order valence-electron chi connectivity index (χ2n) is 5.70. The molecule has 0 aliphatic carbocycles. The van der Waals surface area contributed by atoms with Gasteiger partial charge in [-0.3, -0.25) is 9.78 Å². The van der Waals surface area contributed by atoms with Gasteiger partial charge in [0.15, 0.2) is 0 Å². The van der Waals surface area contributed by atoms with Crippen molar-refractivity contribution in [1.82, 2.24) is 30.1 Å². The molecule has 0 aliphatic heterocycles. The second kappa shape index (κ2) is 6.30. The van der Waals surface area contributed by atoms with E-state index in [2.05, 4.69) is 25.4 Å². The molecule has 1 aromatic carbocycles. The number of aryl methyl sites for hydroxylation is 1. The maximum Gasteiger partial charge on any atom is 0.276 e. The molecule has 0 spiro atoms. The fraction of sp³-hybridized carbons (Fsp3) is 0.176. The van der Waals surface area contributed by atoms with Crippen LogP contribution >= 0.6 is 11.6 Å². The minimum absolute atomic E-state index is 0.322. The van der Waals surface area contributed by atoms with Crippen molar-refractivity contribution in [1.29, 1.82) is 0 Å². The van der Waals surface area contributed by atoms with Gasteiger partial charge >= 0.3 is 0 Å². The van der Waals surface area contributed by atoms with Crippen LogP contribution in [0.5, 0.6) is 5.75 Å². The molecule has 4 aromatic rings. The van der Waals surface area contributed by atoms with E-state index in [0.717, 1.165) is 17.0 Å². The van der Waals surface area contributed by atoms with Gasteiger partial charge in [0.05, 0.1) is 24.6 Å². The first-order valence-corrected chi connectivity index (χ1v) is 8.17. The molecule has 0 bridgehead atoms. The number of hydrogen-bond acceptors (Lipinski definition) is 6. The summed E-state index contributed by atoms with van der Waals surface area (Å²) >= 11 is 6.07. The molecule has 0 fully saturated rings. The summed E-state index contributed by atoms with van der Waals surface area (Å²) in [5.74, 6) is 1.31. The van der Waals surface area contributed by atoms with Crippen LogP contribution in [0.3, 0.4) is 0 Å². The van der Waals surface area contributed by atoms with E-state index in [1.54, 1.807) is 36.2 Å². The number of nitrogens with one attached hydrogen (secondary N) is 1. The Labute approximate surface area is 153 Å². The molecular weight excluding hydrogens is 356 g/mol. The SMILES string of the molecule is COc1ccc(Cl)cc1-c1noc(-c2cc(-c3cnn(C)c3C)n[nH]2)n1. The molecule has 4 rings (SSSR count). The molecule has 0 radical (unpaired) electrons. The molecule has 1 N–H and O–H groups in total. The van der Waals surface area contributed by atoms with Crippen LogP contribution in [-0.4, -0.2) is 37.2 Å². The third-order valence-corrected chi connectivity index (χ3v) is 4.38. The molecule has 0 saturated heterocycles. The topological polar surface area (TPSA) is 94.6 Å². The van der Waals surface area contributed by atoms with Crippen molar-refractivity contribution in [3.8, 4) is 40.0 Å². The van der Waals surface area contributed by atoms with E-state index >= 15 is 0 Å². The maximum atomic E-state index is 6.07. The molecule has 0 amide bonds. The van der Waals surface area contributed by atoms with Crippen LogP contribution in [0.4, 0.5) is 0 Å². The number of halogens is 1. The fourth-order valence-electron chi connectivity index (χ4n) is 2.62. The van der Waals surface area contributed by atoms with Gasteiger partial charge in [-0.15, -0.1) is 0 Å². The van der Waals surface area contributed by atoms with Crippen LogP contribution in [0.2, 0.25) is 5.02 Å². The summed E-state index contributed by atoms with van der Waals surface area (Å²) in [5.41, 5.74) is 3.97. The number of methoxy groups -OCH3 is 1. The number of nitrogens with zero attached hydrogens (tertiary/aromatic N) is 5. The van der Waals surface area contributed by atoms with Gasteiger partial charge in [-0.05, 0) is 31.2 Å². The molecule has 9 heteroatoms. The highest BCUT2D eigenvalue weighted by atomic mass is 35.5. The van der Waals surface area contributed by atoms with Crippen LogP contribution in [0.15, 0.2) is 35.0 Å². The van der Waals surface area contributed by atoms with Gasteiger partial charge in [0.25, 0.3) is 5.89 Å². The highest BCUT2D eigenvalue weighted by molar-refractivity contribution is 6.30. The summed E-state index contributed by atoms with van der Waals surface area (Å²) in [6.45, 7) is 1.98. The lowest BCUT2D eigenvalue weighted by Crippen LogP contribution is -1.92. The third-order valence-electron chi connectivity index (χ3n) is 4.15. The second-order valence-corrected chi connectivity index (χ2v) is 6.14. The summed E-state index contributed by atoms with van der Waals surface area (Å²) < 4.78 is 12.5. The van der Waals surface area contributed by atoms with E-state index < -0.39 is 0 Å². The Balaban J connectivity index is 1.69. The van der Waals surface area contributed by atoms with Crippen molar-refractivity contribution in [3.05, 3.63) is 41.2 Å². The zero-order valence-electron chi connectivity index (χ0n) is 14.3. The van der Waals surface area contributed by atoms with Crippen LogP contribution in [0.1, 0.15) is 5.69 Å². The monoisotopic (exact) mass is 370 g/mol. The molecular formula is C17H15ClN6O2. The number of aromatic amines is 1. The van der Waals surface area contributed by atoms with Gasteiger partial charge in [0.1, 0.15) is 11.4 Å². The summed E-state index contributed by atoms with van der Waals surface area (Å²) in [5, 5.41) is 16.1. The van der Waals surface area contributed by atoms with E-state index in [1.165, 1.54) is 0 Å². The third kappa shape index (κ3) is 2.74. The van der Waals surface area contributed by atoms with E-state index in [0.29, 0.717) is 33.7 Å². The summed E-state index contributed by atoms with van der Waals surface area (Å²) in [6, 6.07) is 7.07. The van der Waals surface area contributed by atoms with Gasteiger partial charge < -0.3 is 9.26 Å². The molecule has 0 unspecified atom stereocenters. The normalized spacial score (nSPS) is 11.1. The Morgan fingerprint density at radius 1 is 1.23 bits per heavy atom. The molecule has 0 saturated carbocycles. The molecule has 8 nitrogen and oxygen atoms in total. The van der Waals surface area contributed by atoms with Gasteiger partial charge in [-0.2, -0.15) is 15.2 Å². The highest BCUT2D eigenvalue weighted by Crippen LogP contribution is 2.32. The first-order chi connectivity index (χ1) is 12.6. The number of hydrogen-bond donors (Lipinski definition) is 1. The van der Waals surface area contributed by atoms with Crippen molar-refractivity contribution in [2.75, 3.05) is 7.11 Å². The van der Waals surface area contributed by atoms with Crippen molar-refractivity contribution < 1.29 is 9.26 Å². The average Bonchev–Trinajstić information content (AvgIpc) is 3.36. The van der Waals surface area contributed by atoms with Crippen molar-refractivity contribution in [2.24, 2.45) is 7.05 Å². The lowest BCUT2D eigenvalue weighted by Gasteiger charge is -2.04. The molecule has 26 heavy (non-hydrogen) atoms. The van der Waals surface area contributed by atoms with Crippen LogP contribution < -0.4 is 4.74 Å². The van der Waals surface area contributed by atoms with Crippen molar-refractivity contribution in [3.63, 3.8) is 0 Å². The Morgan fingerprint density at radius 2 is 2.08 bits per heavy atom. The van der Waals surface area contributed by atoms with E-state index in [1.807, 2.05) is 20.0 Å². The fourth-order valence-corrected chi connectivity index (χ4v) is 2.79. The largest absolute Gasteiger partial charge is 0.496 e. The van der Waals surface area contributed by atoms with Crippen LogP contribution in [0.25, 0.3) is 34.2 Å². The minimum atomic E-state index is 0.322.